The summed E-state index contributed by atoms with van der Waals surface area (Å²) >= 11 is 4.64. The molecule has 2 N–H and O–H groups in total. The average molecular weight is 348 g/mol. The lowest BCUT2D eigenvalue weighted by atomic mass is 9.94. The van der Waals surface area contributed by atoms with Gasteiger partial charge in [-0.2, -0.15) is 0 Å². The second kappa shape index (κ2) is 6.33. The SMILES string of the molecule is O=C(O)CC1CCN(C(=O)Nc2ncc(Br)s2)CC1. The fourth-order valence-corrected chi connectivity index (χ4v) is 3.17. The summed E-state index contributed by atoms with van der Waals surface area (Å²) in [5.41, 5.74) is 0. The highest BCUT2D eigenvalue weighted by molar-refractivity contribution is 9.11. The zero-order chi connectivity index (χ0) is 13.8. The molecule has 1 aromatic heterocycles. The molecule has 1 fully saturated rings. The number of rotatable bonds is 3. The maximum atomic E-state index is 12.0. The van der Waals surface area contributed by atoms with Gasteiger partial charge in [0.1, 0.15) is 0 Å². The molecule has 2 heterocycles. The van der Waals surface area contributed by atoms with Crippen molar-refractivity contribution in [2.45, 2.75) is 19.3 Å². The summed E-state index contributed by atoms with van der Waals surface area (Å²) in [6.07, 6.45) is 3.30. The number of amides is 2. The van der Waals surface area contributed by atoms with Crippen molar-refractivity contribution >= 4 is 44.4 Å². The van der Waals surface area contributed by atoms with Gasteiger partial charge in [0, 0.05) is 19.5 Å². The topological polar surface area (TPSA) is 82.5 Å². The molecule has 0 radical (unpaired) electrons. The number of carboxylic acid groups (broad SMARTS) is 1. The summed E-state index contributed by atoms with van der Waals surface area (Å²) in [7, 11) is 0. The van der Waals surface area contributed by atoms with Crippen LogP contribution in [0.4, 0.5) is 9.93 Å². The predicted octanol–water partition coefficient (Wildman–Crippen LogP) is 2.62. The Hall–Kier alpha value is -1.15. The van der Waals surface area contributed by atoms with E-state index in [1.165, 1.54) is 11.3 Å². The molecule has 0 unspecified atom stereocenters. The van der Waals surface area contributed by atoms with Gasteiger partial charge in [-0.05, 0) is 34.7 Å². The van der Waals surface area contributed by atoms with Crippen LogP contribution in [0.15, 0.2) is 9.98 Å². The van der Waals surface area contributed by atoms with E-state index in [4.69, 9.17) is 5.11 Å². The van der Waals surface area contributed by atoms with Crippen LogP contribution in [-0.2, 0) is 4.79 Å². The molecule has 0 spiro atoms. The molecule has 2 amide bonds. The van der Waals surface area contributed by atoms with E-state index in [1.807, 2.05) is 0 Å². The van der Waals surface area contributed by atoms with E-state index in [0.717, 1.165) is 16.6 Å². The molecule has 0 saturated carbocycles. The van der Waals surface area contributed by atoms with Crippen molar-refractivity contribution in [1.82, 2.24) is 9.88 Å². The van der Waals surface area contributed by atoms with Crippen LogP contribution in [0.3, 0.4) is 0 Å². The molecule has 0 aliphatic carbocycles. The third-order valence-corrected chi connectivity index (χ3v) is 4.45. The number of nitrogens with zero attached hydrogens (tertiary/aromatic N) is 2. The van der Waals surface area contributed by atoms with Crippen molar-refractivity contribution in [1.29, 1.82) is 0 Å². The predicted molar refractivity (Wildman–Crippen MR) is 75.4 cm³/mol. The minimum Gasteiger partial charge on any atom is -0.481 e. The number of urea groups is 1. The van der Waals surface area contributed by atoms with Crippen molar-refractivity contribution in [2.24, 2.45) is 5.92 Å². The van der Waals surface area contributed by atoms with E-state index in [1.54, 1.807) is 11.1 Å². The highest BCUT2D eigenvalue weighted by Crippen LogP contribution is 2.25. The van der Waals surface area contributed by atoms with Crippen LogP contribution >= 0.6 is 27.3 Å². The third-order valence-electron chi connectivity index (χ3n) is 3.06. The molecule has 1 aromatic rings. The largest absolute Gasteiger partial charge is 0.481 e. The third kappa shape index (κ3) is 4.17. The first kappa shape index (κ1) is 14.3. The molecule has 8 heteroatoms. The molecule has 104 valence electrons. The number of anilines is 1. The molecular weight excluding hydrogens is 334 g/mol. The molecule has 1 aliphatic heterocycles. The van der Waals surface area contributed by atoms with E-state index in [0.29, 0.717) is 18.2 Å². The zero-order valence-electron chi connectivity index (χ0n) is 10.1. The summed E-state index contributed by atoms with van der Waals surface area (Å²) in [4.78, 5) is 28.3. The Morgan fingerprint density at radius 2 is 2.21 bits per heavy atom. The Labute approximate surface area is 122 Å². The van der Waals surface area contributed by atoms with Gasteiger partial charge in [0.25, 0.3) is 0 Å². The summed E-state index contributed by atoms with van der Waals surface area (Å²) in [6.45, 7) is 1.19. The minimum absolute atomic E-state index is 0.171. The molecule has 1 aliphatic rings. The maximum absolute atomic E-state index is 12.0. The van der Waals surface area contributed by atoms with Crippen molar-refractivity contribution in [3.05, 3.63) is 9.98 Å². The Kier molecular flexibility index (Phi) is 4.76. The lowest BCUT2D eigenvalue weighted by molar-refractivity contribution is -0.138. The molecule has 0 aromatic carbocycles. The van der Waals surface area contributed by atoms with Crippen LogP contribution in [0.5, 0.6) is 0 Å². The van der Waals surface area contributed by atoms with Crippen LogP contribution in [0, 0.1) is 5.92 Å². The first-order valence-corrected chi connectivity index (χ1v) is 7.54. The van der Waals surface area contributed by atoms with Gasteiger partial charge in [-0.25, -0.2) is 9.78 Å². The number of carbonyl (C=O) groups is 2. The van der Waals surface area contributed by atoms with E-state index in [9.17, 15) is 9.59 Å². The van der Waals surface area contributed by atoms with Crippen LogP contribution < -0.4 is 5.32 Å². The van der Waals surface area contributed by atoms with Crippen molar-refractivity contribution in [2.75, 3.05) is 18.4 Å². The van der Waals surface area contributed by atoms with Crippen LogP contribution in [0.2, 0.25) is 0 Å². The zero-order valence-corrected chi connectivity index (χ0v) is 12.5. The second-order valence-corrected chi connectivity index (χ2v) is 6.84. The van der Waals surface area contributed by atoms with Gasteiger partial charge >= 0.3 is 12.0 Å². The summed E-state index contributed by atoms with van der Waals surface area (Å²) < 4.78 is 0.864. The second-order valence-electron chi connectivity index (χ2n) is 4.43. The van der Waals surface area contributed by atoms with Crippen molar-refractivity contribution in [3.63, 3.8) is 0 Å². The highest BCUT2D eigenvalue weighted by atomic mass is 79.9. The number of thiazole rings is 1. The van der Waals surface area contributed by atoms with Crippen molar-refractivity contribution in [3.8, 4) is 0 Å². The molecule has 6 nitrogen and oxygen atoms in total. The fourth-order valence-electron chi connectivity index (χ4n) is 2.07. The number of aromatic nitrogens is 1. The summed E-state index contributed by atoms with van der Waals surface area (Å²) in [6, 6.07) is -0.171. The molecule has 0 atom stereocenters. The molecule has 1 saturated heterocycles. The number of carbonyl (C=O) groups excluding carboxylic acids is 1. The van der Waals surface area contributed by atoms with Crippen LogP contribution in [0.1, 0.15) is 19.3 Å². The molecule has 0 bridgehead atoms. The van der Waals surface area contributed by atoms with E-state index in [2.05, 4.69) is 26.2 Å². The van der Waals surface area contributed by atoms with Crippen LogP contribution in [-0.4, -0.2) is 40.1 Å². The van der Waals surface area contributed by atoms with Crippen LogP contribution in [0.25, 0.3) is 0 Å². The van der Waals surface area contributed by atoms with Crippen molar-refractivity contribution < 1.29 is 14.7 Å². The number of carboxylic acids is 1. The van der Waals surface area contributed by atoms with Gasteiger partial charge in [-0.1, -0.05) is 11.3 Å². The summed E-state index contributed by atoms with van der Waals surface area (Å²) in [5.74, 6) is -0.592. The number of hydrogen-bond acceptors (Lipinski definition) is 4. The normalized spacial score (nSPS) is 16.4. The number of nitrogens with one attached hydrogen (secondary N) is 1. The van der Waals surface area contributed by atoms with E-state index in [-0.39, 0.29) is 18.4 Å². The quantitative estimate of drug-likeness (QED) is 0.880. The van der Waals surface area contributed by atoms with Gasteiger partial charge in [-0.15, -0.1) is 0 Å². The number of aliphatic carboxylic acids is 1. The Bertz CT molecular complexity index is 472. The molecular formula is C11H14BrN3O3S. The first-order chi connectivity index (χ1) is 9.04. The Balaban J connectivity index is 1.80. The van der Waals surface area contributed by atoms with E-state index >= 15 is 0 Å². The number of halogens is 1. The number of hydrogen-bond donors (Lipinski definition) is 2. The Morgan fingerprint density at radius 1 is 1.53 bits per heavy atom. The number of likely N-dealkylation sites (tertiary alicyclic amines) is 1. The molecule has 19 heavy (non-hydrogen) atoms. The monoisotopic (exact) mass is 347 g/mol. The van der Waals surface area contributed by atoms with Gasteiger partial charge in [-0.3, -0.25) is 10.1 Å². The standard InChI is InChI=1S/C11H14BrN3O3S/c12-8-6-13-10(19-8)14-11(18)15-3-1-7(2-4-15)5-9(16)17/h6-7H,1-5H2,(H,16,17)(H,13,14,18). The first-order valence-electron chi connectivity index (χ1n) is 5.93. The molecule has 2 rings (SSSR count). The van der Waals surface area contributed by atoms with Gasteiger partial charge in [0.05, 0.1) is 9.98 Å². The highest BCUT2D eigenvalue weighted by Gasteiger charge is 2.24. The smallest absolute Gasteiger partial charge is 0.323 e. The van der Waals surface area contributed by atoms with Gasteiger partial charge in [0.15, 0.2) is 5.13 Å². The van der Waals surface area contributed by atoms with Gasteiger partial charge in [0.2, 0.25) is 0 Å². The fraction of sp³-hybridized carbons (Fsp3) is 0.545. The lowest BCUT2D eigenvalue weighted by Gasteiger charge is -2.31. The van der Waals surface area contributed by atoms with E-state index < -0.39 is 5.97 Å². The van der Waals surface area contributed by atoms with Gasteiger partial charge < -0.3 is 10.0 Å². The maximum Gasteiger partial charge on any atom is 0.323 e. The number of piperidine rings is 1. The minimum atomic E-state index is -0.768. The summed E-state index contributed by atoms with van der Waals surface area (Å²) in [5, 5.41) is 12.0. The Morgan fingerprint density at radius 3 is 2.74 bits per heavy atom. The lowest BCUT2D eigenvalue weighted by Crippen LogP contribution is -2.41. The average Bonchev–Trinajstić information content (AvgIpc) is 2.75.